The van der Waals surface area contributed by atoms with Crippen LogP contribution in [0.15, 0.2) is 36.7 Å². The number of hydrogen-bond acceptors (Lipinski definition) is 8. The fourth-order valence-electron chi connectivity index (χ4n) is 3.63. The normalized spacial score (nSPS) is 12.6. The Hall–Kier alpha value is -4.03. The Bertz CT molecular complexity index is 1310. The molecule has 1 N–H and O–H groups in total. The second-order valence-corrected chi connectivity index (χ2v) is 7.90. The highest BCUT2D eigenvalue weighted by Crippen LogP contribution is 2.35. The molecular formula is C21H22F3N9O. The van der Waals surface area contributed by atoms with E-state index in [1.807, 2.05) is 0 Å². The molecule has 4 aromatic rings. The van der Waals surface area contributed by atoms with E-state index in [2.05, 4.69) is 30.6 Å². The first-order valence-corrected chi connectivity index (χ1v) is 10.3. The van der Waals surface area contributed by atoms with Gasteiger partial charge in [0.2, 0.25) is 5.95 Å². The van der Waals surface area contributed by atoms with E-state index in [1.54, 1.807) is 71.8 Å². The molecule has 0 aliphatic carbocycles. The molecule has 0 aromatic carbocycles. The lowest BCUT2D eigenvalue weighted by molar-refractivity contribution is -0.140. The molecule has 4 aromatic heterocycles. The summed E-state index contributed by atoms with van der Waals surface area (Å²) in [6.07, 6.45) is -2.23. The SMILES string of the molecule is CN(C)c1cc(-c2ccnc(Nc3ccnn3C)n2)cc2nnc(C(CC=O)CC(F)(F)F)n12. The lowest BCUT2D eigenvalue weighted by Crippen LogP contribution is -2.19. The van der Waals surface area contributed by atoms with Gasteiger partial charge in [-0.15, -0.1) is 10.2 Å². The maximum Gasteiger partial charge on any atom is 0.389 e. The van der Waals surface area contributed by atoms with Gasteiger partial charge in [0, 0.05) is 51.3 Å². The summed E-state index contributed by atoms with van der Waals surface area (Å²) in [5.41, 5.74) is 1.59. The van der Waals surface area contributed by atoms with Crippen LogP contribution in [0.25, 0.3) is 16.9 Å². The van der Waals surface area contributed by atoms with E-state index in [-0.39, 0.29) is 12.2 Å². The number of rotatable bonds is 8. The molecule has 0 amide bonds. The van der Waals surface area contributed by atoms with Crippen molar-refractivity contribution in [1.29, 1.82) is 0 Å². The van der Waals surface area contributed by atoms with E-state index in [0.717, 1.165) is 0 Å². The topological polar surface area (TPSA) is 106 Å². The average Bonchev–Trinajstić information content (AvgIpc) is 3.38. The molecule has 4 heterocycles. The highest BCUT2D eigenvalue weighted by molar-refractivity contribution is 5.71. The smallest absolute Gasteiger partial charge is 0.364 e. The number of nitrogens with one attached hydrogen (secondary N) is 1. The summed E-state index contributed by atoms with van der Waals surface area (Å²) in [6, 6.07) is 6.96. The summed E-state index contributed by atoms with van der Waals surface area (Å²) in [7, 11) is 5.30. The lowest BCUT2D eigenvalue weighted by Gasteiger charge is -2.20. The third kappa shape index (κ3) is 4.82. The van der Waals surface area contributed by atoms with Crippen LogP contribution in [0.5, 0.6) is 0 Å². The van der Waals surface area contributed by atoms with Crippen molar-refractivity contribution in [1.82, 2.24) is 34.3 Å². The number of hydrogen-bond donors (Lipinski definition) is 1. The van der Waals surface area contributed by atoms with Gasteiger partial charge in [0.15, 0.2) is 5.65 Å². The third-order valence-corrected chi connectivity index (χ3v) is 5.21. The van der Waals surface area contributed by atoms with Crippen molar-refractivity contribution in [2.75, 3.05) is 24.3 Å². The van der Waals surface area contributed by atoms with Gasteiger partial charge < -0.3 is 15.0 Å². The summed E-state index contributed by atoms with van der Waals surface area (Å²) in [6.45, 7) is 0. The zero-order chi connectivity index (χ0) is 24.5. The van der Waals surface area contributed by atoms with Gasteiger partial charge in [0.05, 0.1) is 18.3 Å². The maximum atomic E-state index is 13.2. The number of carbonyl (C=O) groups excluding carboxylic acids is 1. The molecule has 0 saturated heterocycles. The summed E-state index contributed by atoms with van der Waals surface area (Å²) in [4.78, 5) is 21.6. The molecule has 0 aliphatic rings. The Morgan fingerprint density at radius 3 is 2.62 bits per heavy atom. The first-order chi connectivity index (χ1) is 16.2. The number of nitrogens with zero attached hydrogens (tertiary/aromatic N) is 8. The van der Waals surface area contributed by atoms with E-state index in [0.29, 0.717) is 40.8 Å². The molecule has 0 bridgehead atoms. The van der Waals surface area contributed by atoms with Crippen LogP contribution in [0.2, 0.25) is 0 Å². The first kappa shape index (κ1) is 23.1. The standard InChI is InChI=1S/C21H22F3N9O/c1-31(2)18-11-14(15-4-7-25-20(27-15)28-16-5-8-26-32(16)3)10-17-29-30-19(33(17)18)13(6-9-34)12-21(22,23)24/h4-5,7-11,13H,6,12H2,1-3H3,(H,25,27,28). The van der Waals surface area contributed by atoms with Gasteiger partial charge >= 0.3 is 6.18 Å². The van der Waals surface area contributed by atoms with Crippen molar-refractivity contribution in [3.05, 3.63) is 42.5 Å². The van der Waals surface area contributed by atoms with Crippen molar-refractivity contribution in [3.63, 3.8) is 0 Å². The third-order valence-electron chi connectivity index (χ3n) is 5.21. The molecule has 0 fully saturated rings. The van der Waals surface area contributed by atoms with Crippen LogP contribution in [0.4, 0.5) is 30.8 Å². The summed E-state index contributed by atoms with van der Waals surface area (Å²) in [5.74, 6) is 0.535. The van der Waals surface area contributed by atoms with Crippen molar-refractivity contribution in [3.8, 4) is 11.3 Å². The van der Waals surface area contributed by atoms with Crippen LogP contribution < -0.4 is 10.2 Å². The molecule has 10 nitrogen and oxygen atoms in total. The zero-order valence-electron chi connectivity index (χ0n) is 18.7. The van der Waals surface area contributed by atoms with Gasteiger partial charge in [0.25, 0.3) is 0 Å². The van der Waals surface area contributed by atoms with Gasteiger partial charge in [-0.1, -0.05) is 0 Å². The monoisotopic (exact) mass is 473 g/mol. The van der Waals surface area contributed by atoms with Gasteiger partial charge in [-0.2, -0.15) is 18.3 Å². The molecule has 1 unspecified atom stereocenters. The minimum absolute atomic E-state index is 0.0796. The summed E-state index contributed by atoms with van der Waals surface area (Å²) < 4.78 is 42.6. The van der Waals surface area contributed by atoms with E-state index in [4.69, 9.17) is 0 Å². The number of carbonyl (C=O) groups is 1. The average molecular weight is 473 g/mol. The number of alkyl halides is 3. The fraction of sp³-hybridized carbons (Fsp3) is 0.333. The van der Waals surface area contributed by atoms with Crippen LogP contribution in [-0.2, 0) is 11.8 Å². The van der Waals surface area contributed by atoms with Crippen LogP contribution in [0.3, 0.4) is 0 Å². The number of aromatic nitrogens is 7. The maximum absolute atomic E-state index is 13.2. The Morgan fingerprint density at radius 2 is 1.97 bits per heavy atom. The predicted molar refractivity (Wildman–Crippen MR) is 119 cm³/mol. The summed E-state index contributed by atoms with van der Waals surface area (Å²) >= 11 is 0. The molecule has 13 heteroatoms. The molecule has 178 valence electrons. The highest BCUT2D eigenvalue weighted by atomic mass is 19.4. The fourth-order valence-corrected chi connectivity index (χ4v) is 3.63. The van der Waals surface area contributed by atoms with Gasteiger partial charge in [0.1, 0.15) is 23.7 Å². The summed E-state index contributed by atoms with van der Waals surface area (Å²) in [5, 5.41) is 15.3. The van der Waals surface area contributed by atoms with Crippen molar-refractivity contribution >= 4 is 29.5 Å². The number of aryl methyl sites for hydroxylation is 1. The quantitative estimate of drug-likeness (QED) is 0.389. The van der Waals surface area contributed by atoms with Crippen molar-refractivity contribution < 1.29 is 18.0 Å². The zero-order valence-corrected chi connectivity index (χ0v) is 18.7. The van der Waals surface area contributed by atoms with Crippen LogP contribution in [-0.4, -0.2) is 60.9 Å². The lowest BCUT2D eigenvalue weighted by atomic mass is 10.0. The number of anilines is 3. The molecule has 0 aliphatic heterocycles. The number of fused-ring (bicyclic) bond motifs is 1. The molecule has 34 heavy (non-hydrogen) atoms. The minimum atomic E-state index is -4.45. The van der Waals surface area contributed by atoms with Gasteiger partial charge in [-0.3, -0.25) is 9.08 Å². The number of aldehydes is 1. The predicted octanol–water partition coefficient (Wildman–Crippen LogP) is 3.35. The van der Waals surface area contributed by atoms with Crippen molar-refractivity contribution in [2.24, 2.45) is 7.05 Å². The van der Waals surface area contributed by atoms with Crippen LogP contribution in [0, 0.1) is 0 Å². The van der Waals surface area contributed by atoms with Crippen molar-refractivity contribution in [2.45, 2.75) is 24.9 Å². The van der Waals surface area contributed by atoms with E-state index in [9.17, 15) is 18.0 Å². The highest BCUT2D eigenvalue weighted by Gasteiger charge is 2.35. The number of pyridine rings is 1. The van der Waals surface area contributed by atoms with Crippen LogP contribution >= 0.6 is 0 Å². The second-order valence-electron chi connectivity index (χ2n) is 7.90. The minimum Gasteiger partial charge on any atom is -0.364 e. The Balaban J connectivity index is 1.77. The Labute approximate surface area is 192 Å². The molecule has 1 atom stereocenters. The molecule has 4 rings (SSSR count). The molecule has 0 spiro atoms. The number of halogens is 3. The Kier molecular flexibility index (Phi) is 6.18. The van der Waals surface area contributed by atoms with E-state index in [1.165, 1.54) is 0 Å². The molecule has 0 radical (unpaired) electrons. The second kappa shape index (κ2) is 9.08. The van der Waals surface area contributed by atoms with Gasteiger partial charge in [-0.05, 0) is 18.2 Å². The first-order valence-electron chi connectivity index (χ1n) is 10.3. The van der Waals surface area contributed by atoms with Gasteiger partial charge in [-0.25, -0.2) is 9.97 Å². The van der Waals surface area contributed by atoms with E-state index < -0.39 is 18.5 Å². The molecule has 0 saturated carbocycles. The molecular weight excluding hydrogens is 451 g/mol. The Morgan fingerprint density at radius 1 is 1.18 bits per heavy atom. The van der Waals surface area contributed by atoms with Crippen LogP contribution in [0.1, 0.15) is 24.6 Å². The largest absolute Gasteiger partial charge is 0.389 e. The van der Waals surface area contributed by atoms with E-state index >= 15 is 0 Å².